The van der Waals surface area contributed by atoms with Crippen molar-refractivity contribution in [2.45, 2.75) is 44.5 Å². The van der Waals surface area contributed by atoms with Crippen LogP contribution in [0.5, 0.6) is 5.75 Å². The zero-order chi connectivity index (χ0) is 27.3. The van der Waals surface area contributed by atoms with Crippen molar-refractivity contribution >= 4 is 41.7 Å². The second-order valence-corrected chi connectivity index (χ2v) is 10.4. The van der Waals surface area contributed by atoms with Gasteiger partial charge in [-0.2, -0.15) is 0 Å². The van der Waals surface area contributed by atoms with E-state index in [9.17, 15) is 19.3 Å². The highest BCUT2D eigenvalue weighted by Crippen LogP contribution is 2.57. The molecule has 2 fully saturated rings. The summed E-state index contributed by atoms with van der Waals surface area (Å²) in [5.41, 5.74) is 6.31. The molecule has 5 atom stereocenters. The molecule has 0 amide bonds. The molecule has 16 heteroatoms. The molecule has 6 rings (SSSR count). The topological polar surface area (TPSA) is 200 Å². The van der Waals surface area contributed by atoms with Crippen LogP contribution >= 0.6 is 7.82 Å². The highest BCUT2D eigenvalue weighted by molar-refractivity contribution is 7.48. The second-order valence-electron chi connectivity index (χ2n) is 8.80. The summed E-state index contributed by atoms with van der Waals surface area (Å²) in [6.07, 6.45) is -1.24. The number of aliphatic hydroxyl groups is 1. The number of nitrogen functional groups attached to an aromatic ring is 1. The van der Waals surface area contributed by atoms with Crippen LogP contribution in [0.2, 0.25) is 0 Å². The molecule has 4 aromatic rings. The number of nitrogens with zero attached hydrogens (tertiary/aromatic N) is 4. The Morgan fingerprint density at radius 1 is 1.28 bits per heavy atom. The lowest BCUT2D eigenvalue weighted by Crippen LogP contribution is -2.39. The van der Waals surface area contributed by atoms with Crippen LogP contribution in [0.15, 0.2) is 46.1 Å². The number of fused-ring (bicyclic) bond motifs is 3. The first kappa shape index (κ1) is 25.6. The number of imidazole rings is 1. The van der Waals surface area contributed by atoms with Crippen molar-refractivity contribution in [3.05, 3.63) is 52.9 Å². The number of ether oxygens (including phenoxy) is 2. The van der Waals surface area contributed by atoms with Gasteiger partial charge in [0.15, 0.2) is 17.7 Å². The summed E-state index contributed by atoms with van der Waals surface area (Å²) in [6.45, 7) is 1.12. The summed E-state index contributed by atoms with van der Waals surface area (Å²) < 4.78 is 47.6. The van der Waals surface area contributed by atoms with E-state index in [0.717, 1.165) is 0 Å². The number of benzene rings is 1. The van der Waals surface area contributed by atoms with E-state index < -0.39 is 44.0 Å². The molecule has 0 spiro atoms. The Morgan fingerprint density at radius 2 is 2.13 bits per heavy atom. The Kier molecular flexibility index (Phi) is 6.41. The molecule has 204 valence electrons. The standard InChI is InChI=1S/C23H22N5O10P/c1-2-16(29)35-12-3-4-13-11(5-17(30)36-14(13)6-12)7-33-39(32)34-8-15-20(38-39)19(31)23(37-15)28-10-27-18-21(24)25-9-26-22(18)28/h3-6,9-10,15,19-20,23,31H,2,7-8H2,1H3,(H2,24,25,26)/t15-,19-,20-,23-,39?/m1/s1. The third kappa shape index (κ3) is 4.69. The van der Waals surface area contributed by atoms with Crippen molar-refractivity contribution in [3.8, 4) is 5.75 Å². The minimum atomic E-state index is -4.18. The maximum absolute atomic E-state index is 13.3. The van der Waals surface area contributed by atoms with Gasteiger partial charge >= 0.3 is 19.4 Å². The maximum atomic E-state index is 13.3. The molecule has 2 aliphatic rings. The third-order valence-corrected chi connectivity index (χ3v) is 7.73. The van der Waals surface area contributed by atoms with Gasteiger partial charge < -0.3 is 24.7 Å². The second kappa shape index (κ2) is 9.79. The number of aromatic nitrogens is 4. The molecule has 2 aliphatic heterocycles. The van der Waals surface area contributed by atoms with Crippen LogP contribution in [0.25, 0.3) is 22.1 Å². The zero-order valence-electron chi connectivity index (χ0n) is 20.3. The van der Waals surface area contributed by atoms with Gasteiger partial charge in [-0.25, -0.2) is 24.3 Å². The molecule has 1 aromatic carbocycles. The number of nitrogens with two attached hydrogens (primary N) is 1. The van der Waals surface area contributed by atoms with Gasteiger partial charge in [0, 0.05) is 23.9 Å². The Balaban J connectivity index is 1.19. The third-order valence-electron chi connectivity index (χ3n) is 6.32. The van der Waals surface area contributed by atoms with Crippen molar-refractivity contribution in [3.63, 3.8) is 0 Å². The van der Waals surface area contributed by atoms with E-state index in [2.05, 4.69) is 15.0 Å². The number of aliphatic hydroxyl groups excluding tert-OH is 1. The summed E-state index contributed by atoms with van der Waals surface area (Å²) in [7, 11) is -4.18. The van der Waals surface area contributed by atoms with Crippen LogP contribution in [-0.4, -0.2) is 55.5 Å². The van der Waals surface area contributed by atoms with Gasteiger partial charge in [0.2, 0.25) is 0 Å². The molecular formula is C23H22N5O10P. The zero-order valence-corrected chi connectivity index (χ0v) is 21.2. The van der Waals surface area contributed by atoms with Crippen LogP contribution in [0.4, 0.5) is 5.82 Å². The van der Waals surface area contributed by atoms with E-state index in [4.69, 9.17) is 33.2 Å². The molecule has 39 heavy (non-hydrogen) atoms. The molecule has 0 bridgehead atoms. The molecule has 15 nitrogen and oxygen atoms in total. The van der Waals surface area contributed by atoms with Crippen molar-refractivity contribution in [1.29, 1.82) is 0 Å². The molecular weight excluding hydrogens is 537 g/mol. The van der Waals surface area contributed by atoms with Gasteiger partial charge in [-0.05, 0) is 17.7 Å². The quantitative estimate of drug-likeness (QED) is 0.150. The largest absolute Gasteiger partial charge is 0.475 e. The summed E-state index contributed by atoms with van der Waals surface area (Å²) in [6, 6.07) is 5.69. The van der Waals surface area contributed by atoms with Gasteiger partial charge in [0.05, 0.1) is 19.5 Å². The number of carbonyl (C=O) groups excluding carboxylic acids is 1. The minimum Gasteiger partial charge on any atom is -0.426 e. The lowest BCUT2D eigenvalue weighted by molar-refractivity contribution is -0.134. The van der Waals surface area contributed by atoms with E-state index >= 15 is 0 Å². The number of phosphoric ester groups is 1. The van der Waals surface area contributed by atoms with Crippen LogP contribution in [0.3, 0.4) is 0 Å². The van der Waals surface area contributed by atoms with Crippen molar-refractivity contribution in [2.75, 3.05) is 12.3 Å². The summed E-state index contributed by atoms with van der Waals surface area (Å²) in [5.74, 6) is -0.0714. The fourth-order valence-electron chi connectivity index (χ4n) is 4.43. The SMILES string of the molecule is CCC(=O)Oc1ccc2c(COP3(=O)OC[C@H]4O[C@@H](n5cnc6c(N)ncnc65)[C@H](O)[C@@H]4O3)cc(=O)oc2c1. The predicted octanol–water partition coefficient (Wildman–Crippen LogP) is 1.83. The first-order valence-corrected chi connectivity index (χ1v) is 13.3. The highest BCUT2D eigenvalue weighted by Gasteiger charge is 2.53. The molecule has 0 saturated carbocycles. The maximum Gasteiger partial charge on any atom is 0.475 e. The Bertz CT molecular complexity index is 1690. The predicted molar refractivity (Wildman–Crippen MR) is 131 cm³/mol. The lowest BCUT2D eigenvalue weighted by Gasteiger charge is -2.30. The number of rotatable bonds is 6. The Hall–Kier alpha value is -3.72. The highest BCUT2D eigenvalue weighted by atomic mass is 31.2. The van der Waals surface area contributed by atoms with Gasteiger partial charge in [-0.3, -0.25) is 22.9 Å². The minimum absolute atomic E-state index is 0.144. The van der Waals surface area contributed by atoms with Crippen LogP contribution in [0.1, 0.15) is 25.1 Å². The fourth-order valence-corrected chi connectivity index (χ4v) is 5.81. The number of hydrogen-bond donors (Lipinski definition) is 2. The number of esters is 1. The first-order valence-electron chi connectivity index (χ1n) is 11.9. The van der Waals surface area contributed by atoms with Crippen molar-refractivity contribution < 1.29 is 41.9 Å². The van der Waals surface area contributed by atoms with E-state index in [1.807, 2.05) is 0 Å². The number of anilines is 1. The Morgan fingerprint density at radius 3 is 2.95 bits per heavy atom. The van der Waals surface area contributed by atoms with Gasteiger partial charge in [0.25, 0.3) is 0 Å². The molecule has 2 saturated heterocycles. The van der Waals surface area contributed by atoms with Crippen LogP contribution in [-0.2, 0) is 34.3 Å². The normalized spacial score (nSPS) is 26.6. The monoisotopic (exact) mass is 559 g/mol. The average Bonchev–Trinajstić information content (AvgIpc) is 3.48. The lowest BCUT2D eigenvalue weighted by atomic mass is 10.1. The number of hydrogen-bond acceptors (Lipinski definition) is 14. The molecule has 0 aliphatic carbocycles. The van der Waals surface area contributed by atoms with Gasteiger partial charge in [-0.1, -0.05) is 6.92 Å². The molecule has 3 aromatic heterocycles. The van der Waals surface area contributed by atoms with Gasteiger partial charge in [-0.15, -0.1) is 0 Å². The van der Waals surface area contributed by atoms with Crippen molar-refractivity contribution in [1.82, 2.24) is 19.5 Å². The first-order chi connectivity index (χ1) is 18.7. The van der Waals surface area contributed by atoms with Crippen LogP contribution < -0.4 is 16.1 Å². The van der Waals surface area contributed by atoms with E-state index in [1.54, 1.807) is 13.0 Å². The van der Waals surface area contributed by atoms with E-state index in [-0.39, 0.29) is 36.8 Å². The van der Waals surface area contributed by atoms with E-state index in [1.165, 1.54) is 35.4 Å². The molecule has 5 heterocycles. The molecule has 1 unspecified atom stereocenters. The summed E-state index contributed by atoms with van der Waals surface area (Å²) >= 11 is 0. The fraction of sp³-hybridized carbons (Fsp3) is 0.348. The Labute approximate surface area is 219 Å². The summed E-state index contributed by atoms with van der Waals surface area (Å²) in [5, 5.41) is 11.5. The molecule has 3 N–H and O–H groups in total. The van der Waals surface area contributed by atoms with Crippen molar-refractivity contribution in [2.24, 2.45) is 0 Å². The average molecular weight is 559 g/mol. The summed E-state index contributed by atoms with van der Waals surface area (Å²) in [4.78, 5) is 36.0. The van der Waals surface area contributed by atoms with E-state index in [0.29, 0.717) is 22.1 Å². The van der Waals surface area contributed by atoms with Gasteiger partial charge in [0.1, 0.15) is 41.5 Å². The smallest absolute Gasteiger partial charge is 0.426 e. The number of carbonyl (C=O) groups is 1. The molecule has 0 radical (unpaired) electrons. The number of phosphoric acid groups is 1. The van der Waals surface area contributed by atoms with Crippen LogP contribution in [0, 0.1) is 0 Å².